The number of nitro groups is 1. The first-order valence-electron chi connectivity index (χ1n) is 8.57. The van der Waals surface area contributed by atoms with Crippen LogP contribution in [-0.2, 0) is 0 Å². The molecular weight excluding hydrogens is 376 g/mol. The molecule has 6 nitrogen and oxygen atoms in total. The van der Waals surface area contributed by atoms with Gasteiger partial charge in [-0.05, 0) is 28.3 Å². The maximum Gasteiger partial charge on any atom is 0.288 e. The third-order valence-electron chi connectivity index (χ3n) is 4.52. The highest BCUT2D eigenvalue weighted by Gasteiger charge is 2.22. The highest BCUT2D eigenvalue weighted by atomic mass is 35.5. The van der Waals surface area contributed by atoms with Crippen molar-refractivity contribution in [1.82, 2.24) is 14.8 Å². The first-order valence-corrected chi connectivity index (χ1v) is 8.94. The van der Waals surface area contributed by atoms with Gasteiger partial charge >= 0.3 is 0 Å². The summed E-state index contributed by atoms with van der Waals surface area (Å²) in [5.74, 6) is 0. The second-order valence-electron chi connectivity index (χ2n) is 6.23. The van der Waals surface area contributed by atoms with Crippen LogP contribution in [0.4, 0.5) is 5.69 Å². The van der Waals surface area contributed by atoms with E-state index < -0.39 is 4.92 Å². The molecule has 0 amide bonds. The Morgan fingerprint density at radius 2 is 1.61 bits per heavy atom. The van der Waals surface area contributed by atoms with Crippen LogP contribution in [0, 0.1) is 10.1 Å². The quantitative estimate of drug-likeness (QED) is 0.349. The SMILES string of the molecule is O=[N+]([O-])c1cc(C(c2ccc(-c3ccccc3)cc2)n2cncn2)ccc1Cl. The molecule has 0 aliphatic rings. The molecule has 0 radical (unpaired) electrons. The average molecular weight is 391 g/mol. The minimum absolute atomic E-state index is 0.102. The molecule has 0 bridgehead atoms. The lowest BCUT2D eigenvalue weighted by atomic mass is 9.96. The monoisotopic (exact) mass is 390 g/mol. The first kappa shape index (κ1) is 17.9. The van der Waals surface area contributed by atoms with Crippen LogP contribution in [0.5, 0.6) is 0 Å². The fourth-order valence-corrected chi connectivity index (χ4v) is 3.36. The van der Waals surface area contributed by atoms with Crippen LogP contribution in [0.25, 0.3) is 11.1 Å². The normalized spacial score (nSPS) is 11.9. The Morgan fingerprint density at radius 3 is 2.25 bits per heavy atom. The van der Waals surface area contributed by atoms with Crippen LogP contribution in [0.3, 0.4) is 0 Å². The molecule has 0 N–H and O–H groups in total. The van der Waals surface area contributed by atoms with E-state index in [2.05, 4.69) is 10.1 Å². The van der Waals surface area contributed by atoms with Crippen LogP contribution >= 0.6 is 11.6 Å². The minimum atomic E-state index is -0.483. The van der Waals surface area contributed by atoms with E-state index in [0.29, 0.717) is 5.56 Å². The molecular formula is C21H15ClN4O2. The molecule has 1 heterocycles. The van der Waals surface area contributed by atoms with Crippen LogP contribution in [0.1, 0.15) is 17.2 Å². The summed E-state index contributed by atoms with van der Waals surface area (Å²) in [4.78, 5) is 14.9. The Labute approximate surface area is 166 Å². The van der Waals surface area contributed by atoms with Gasteiger partial charge in [-0.3, -0.25) is 10.1 Å². The summed E-state index contributed by atoms with van der Waals surface area (Å²) in [5.41, 5.74) is 3.71. The zero-order valence-corrected chi connectivity index (χ0v) is 15.4. The Balaban J connectivity index is 1.78. The van der Waals surface area contributed by atoms with Gasteiger partial charge in [0, 0.05) is 6.07 Å². The predicted octanol–water partition coefficient (Wildman–Crippen LogP) is 5.14. The van der Waals surface area contributed by atoms with Crippen LogP contribution in [-0.4, -0.2) is 19.7 Å². The molecule has 4 rings (SSSR count). The summed E-state index contributed by atoms with van der Waals surface area (Å²) in [7, 11) is 0. The van der Waals surface area contributed by atoms with Gasteiger partial charge in [-0.2, -0.15) is 5.10 Å². The van der Waals surface area contributed by atoms with E-state index in [-0.39, 0.29) is 16.8 Å². The van der Waals surface area contributed by atoms with Crippen molar-refractivity contribution in [3.63, 3.8) is 0 Å². The summed E-state index contributed by atoms with van der Waals surface area (Å²) in [5, 5.41) is 15.7. The van der Waals surface area contributed by atoms with E-state index in [1.165, 1.54) is 18.5 Å². The number of hydrogen-bond acceptors (Lipinski definition) is 4. The third-order valence-corrected chi connectivity index (χ3v) is 4.84. The Morgan fingerprint density at radius 1 is 0.929 bits per heavy atom. The van der Waals surface area contributed by atoms with Gasteiger partial charge in [0.1, 0.15) is 23.7 Å². The van der Waals surface area contributed by atoms with Gasteiger partial charge < -0.3 is 0 Å². The topological polar surface area (TPSA) is 73.8 Å². The molecule has 0 fully saturated rings. The molecule has 1 unspecified atom stereocenters. The van der Waals surface area contributed by atoms with Gasteiger partial charge in [0.15, 0.2) is 0 Å². The molecule has 0 saturated heterocycles. The number of hydrogen-bond donors (Lipinski definition) is 0. The van der Waals surface area contributed by atoms with Gasteiger partial charge in [0.05, 0.1) is 4.92 Å². The van der Waals surface area contributed by atoms with E-state index >= 15 is 0 Å². The van der Waals surface area contributed by atoms with Gasteiger partial charge in [-0.1, -0.05) is 72.3 Å². The van der Waals surface area contributed by atoms with E-state index in [0.717, 1.165) is 16.7 Å². The summed E-state index contributed by atoms with van der Waals surface area (Å²) in [6.07, 6.45) is 3.03. The smallest absolute Gasteiger partial charge is 0.258 e. The molecule has 0 aliphatic carbocycles. The van der Waals surface area contributed by atoms with E-state index in [1.54, 1.807) is 17.1 Å². The van der Waals surface area contributed by atoms with Crippen molar-refractivity contribution in [2.24, 2.45) is 0 Å². The predicted molar refractivity (Wildman–Crippen MR) is 107 cm³/mol. The maximum atomic E-state index is 11.3. The number of benzene rings is 3. The molecule has 4 aromatic rings. The maximum absolute atomic E-state index is 11.3. The second kappa shape index (κ2) is 7.62. The van der Waals surface area contributed by atoms with Gasteiger partial charge in [0.25, 0.3) is 5.69 Å². The lowest BCUT2D eigenvalue weighted by Crippen LogP contribution is -2.13. The van der Waals surface area contributed by atoms with E-state index in [9.17, 15) is 10.1 Å². The van der Waals surface area contributed by atoms with Crippen molar-refractivity contribution in [2.75, 3.05) is 0 Å². The largest absolute Gasteiger partial charge is 0.288 e. The highest BCUT2D eigenvalue weighted by Crippen LogP contribution is 2.33. The van der Waals surface area contributed by atoms with Gasteiger partial charge in [-0.25, -0.2) is 9.67 Å². The van der Waals surface area contributed by atoms with Crippen LogP contribution < -0.4 is 0 Å². The molecule has 0 saturated carbocycles. The average Bonchev–Trinajstić information content (AvgIpc) is 3.25. The number of aromatic nitrogens is 3. The fraction of sp³-hybridized carbons (Fsp3) is 0.0476. The molecule has 1 aromatic heterocycles. The standard InChI is InChI=1S/C21H15ClN4O2/c22-19-11-10-18(12-20(19)26(27)28)21(25-14-23-13-24-25)17-8-6-16(7-9-17)15-4-2-1-3-5-15/h1-14,21H. The van der Waals surface area contributed by atoms with E-state index in [4.69, 9.17) is 11.6 Å². The molecule has 0 spiro atoms. The number of nitro benzene ring substituents is 1. The fourth-order valence-electron chi connectivity index (χ4n) is 3.18. The molecule has 7 heteroatoms. The summed E-state index contributed by atoms with van der Waals surface area (Å²) in [6.45, 7) is 0. The number of nitrogens with zero attached hydrogens (tertiary/aromatic N) is 4. The number of halogens is 1. The molecule has 1 atom stereocenters. The summed E-state index contributed by atoms with van der Waals surface area (Å²) >= 11 is 5.98. The zero-order valence-electron chi connectivity index (χ0n) is 14.6. The lowest BCUT2D eigenvalue weighted by Gasteiger charge is -2.19. The van der Waals surface area contributed by atoms with Crippen molar-refractivity contribution < 1.29 is 4.92 Å². The number of rotatable bonds is 5. The Hall–Kier alpha value is -3.51. The first-order chi connectivity index (χ1) is 13.6. The van der Waals surface area contributed by atoms with Crippen LogP contribution in [0.2, 0.25) is 5.02 Å². The third kappa shape index (κ3) is 3.50. The van der Waals surface area contributed by atoms with Crippen molar-refractivity contribution in [1.29, 1.82) is 0 Å². The van der Waals surface area contributed by atoms with E-state index in [1.807, 2.05) is 54.6 Å². The lowest BCUT2D eigenvalue weighted by molar-refractivity contribution is -0.384. The Kier molecular flexibility index (Phi) is 4.87. The minimum Gasteiger partial charge on any atom is -0.258 e. The van der Waals surface area contributed by atoms with Crippen molar-refractivity contribution in [3.8, 4) is 11.1 Å². The molecule has 138 valence electrons. The van der Waals surface area contributed by atoms with Crippen LogP contribution in [0.15, 0.2) is 85.5 Å². The van der Waals surface area contributed by atoms with Gasteiger partial charge in [0.2, 0.25) is 0 Å². The van der Waals surface area contributed by atoms with Crippen molar-refractivity contribution in [2.45, 2.75) is 6.04 Å². The van der Waals surface area contributed by atoms with Crippen molar-refractivity contribution >= 4 is 17.3 Å². The molecule has 28 heavy (non-hydrogen) atoms. The second-order valence-corrected chi connectivity index (χ2v) is 6.64. The molecule has 3 aromatic carbocycles. The highest BCUT2D eigenvalue weighted by molar-refractivity contribution is 6.32. The summed E-state index contributed by atoms with van der Waals surface area (Å²) < 4.78 is 1.67. The van der Waals surface area contributed by atoms with Gasteiger partial charge in [-0.15, -0.1) is 0 Å². The Bertz CT molecular complexity index is 1100. The zero-order chi connectivity index (χ0) is 19.5. The van der Waals surface area contributed by atoms with Crippen molar-refractivity contribution in [3.05, 3.63) is 112 Å². The summed E-state index contributed by atoms with van der Waals surface area (Å²) in [6, 6.07) is 22.5. The molecule has 0 aliphatic heterocycles.